The van der Waals surface area contributed by atoms with Crippen molar-refractivity contribution < 1.29 is 29.0 Å². The van der Waals surface area contributed by atoms with Crippen LogP contribution in [0.25, 0.3) is 0 Å². The number of aliphatic hydroxyl groups is 1. The largest absolute Gasteiger partial charge is 0.467 e. The van der Waals surface area contributed by atoms with E-state index in [0.29, 0.717) is 0 Å². The number of ether oxygens (including phenoxy) is 2. The molecule has 0 saturated carbocycles. The number of methoxy groups -OCH3 is 1. The van der Waals surface area contributed by atoms with Gasteiger partial charge in [0, 0.05) is 0 Å². The van der Waals surface area contributed by atoms with Crippen molar-refractivity contribution in [2.45, 2.75) is 58.4 Å². The average Bonchev–Trinajstić information content (AvgIpc) is 2.31. The van der Waals surface area contributed by atoms with Gasteiger partial charge >= 0.3 is 12.1 Å². The number of nitrogens with one attached hydrogen (secondary N) is 2. The third kappa shape index (κ3) is 7.50. The molecule has 3 N–H and O–H groups in total. The zero-order valence-electron chi connectivity index (χ0n) is 13.2. The maximum absolute atomic E-state index is 11.9. The predicted octanol–water partition coefficient (Wildman–Crippen LogP) is -0.0618. The van der Waals surface area contributed by atoms with Crippen LogP contribution in [0.15, 0.2) is 0 Å². The molecule has 122 valence electrons. The molecule has 0 aromatic heterocycles. The van der Waals surface area contributed by atoms with Gasteiger partial charge in [0.15, 0.2) is 6.04 Å². The number of amides is 2. The monoisotopic (exact) mass is 304 g/mol. The van der Waals surface area contributed by atoms with Crippen LogP contribution in [0, 0.1) is 0 Å². The normalized spacial score (nSPS) is 15.4. The summed E-state index contributed by atoms with van der Waals surface area (Å²) in [6.07, 6.45) is -1.88. The number of rotatable bonds is 5. The molecule has 0 aliphatic heterocycles. The Kier molecular flexibility index (Phi) is 7.14. The topological polar surface area (TPSA) is 114 Å². The molecule has 21 heavy (non-hydrogen) atoms. The average molecular weight is 304 g/mol. The summed E-state index contributed by atoms with van der Waals surface area (Å²) >= 11 is 0. The molecule has 0 bridgehead atoms. The van der Waals surface area contributed by atoms with Crippen LogP contribution in [0.4, 0.5) is 4.79 Å². The van der Waals surface area contributed by atoms with Crippen molar-refractivity contribution in [3.05, 3.63) is 0 Å². The fraction of sp³-hybridized carbons (Fsp3) is 0.769. The first-order valence-electron chi connectivity index (χ1n) is 6.53. The van der Waals surface area contributed by atoms with Crippen LogP contribution < -0.4 is 10.6 Å². The van der Waals surface area contributed by atoms with Crippen molar-refractivity contribution in [2.75, 3.05) is 7.11 Å². The van der Waals surface area contributed by atoms with E-state index in [-0.39, 0.29) is 0 Å². The smallest absolute Gasteiger partial charge is 0.408 e. The molecule has 0 radical (unpaired) electrons. The Labute approximate surface area is 124 Å². The van der Waals surface area contributed by atoms with E-state index in [9.17, 15) is 19.5 Å². The van der Waals surface area contributed by atoms with E-state index >= 15 is 0 Å². The molecule has 0 saturated heterocycles. The third-order valence-corrected chi connectivity index (χ3v) is 2.36. The highest BCUT2D eigenvalue weighted by atomic mass is 16.6. The van der Waals surface area contributed by atoms with Gasteiger partial charge in [0.05, 0.1) is 13.2 Å². The Morgan fingerprint density at radius 3 is 2.00 bits per heavy atom. The summed E-state index contributed by atoms with van der Waals surface area (Å²) in [6.45, 7) is 7.84. The predicted molar refractivity (Wildman–Crippen MR) is 74.5 cm³/mol. The summed E-state index contributed by atoms with van der Waals surface area (Å²) in [5, 5.41) is 14.1. The van der Waals surface area contributed by atoms with E-state index in [1.54, 1.807) is 20.8 Å². The van der Waals surface area contributed by atoms with Gasteiger partial charge in [-0.25, -0.2) is 9.59 Å². The number of hydrogen-bond acceptors (Lipinski definition) is 6. The number of aliphatic hydroxyl groups excluding tert-OH is 1. The lowest BCUT2D eigenvalue weighted by Gasteiger charge is -2.23. The molecule has 0 aromatic rings. The number of alkyl carbamates (subject to hydrolysis) is 1. The van der Waals surface area contributed by atoms with Crippen molar-refractivity contribution in [3.8, 4) is 0 Å². The lowest BCUT2D eigenvalue weighted by molar-refractivity contribution is -0.148. The Balaban J connectivity index is 4.57. The molecule has 0 aromatic carbocycles. The van der Waals surface area contributed by atoms with Gasteiger partial charge in [-0.15, -0.1) is 0 Å². The summed E-state index contributed by atoms with van der Waals surface area (Å²) in [7, 11) is 1.15. The van der Waals surface area contributed by atoms with Gasteiger partial charge < -0.3 is 25.2 Å². The number of carbonyl (C=O) groups is 3. The molecular formula is C13H24N2O6. The minimum absolute atomic E-state index is 0.642. The molecule has 8 nitrogen and oxygen atoms in total. The van der Waals surface area contributed by atoms with Gasteiger partial charge in [0.1, 0.15) is 11.6 Å². The van der Waals surface area contributed by atoms with Crippen molar-refractivity contribution in [1.29, 1.82) is 0 Å². The fourth-order valence-corrected chi connectivity index (χ4v) is 1.33. The Hall–Kier alpha value is -1.83. The van der Waals surface area contributed by atoms with Crippen molar-refractivity contribution in [2.24, 2.45) is 0 Å². The van der Waals surface area contributed by atoms with E-state index in [1.807, 2.05) is 0 Å². The lowest BCUT2D eigenvalue weighted by atomic mass is 10.1. The highest BCUT2D eigenvalue weighted by Gasteiger charge is 2.29. The zero-order valence-corrected chi connectivity index (χ0v) is 13.2. The summed E-state index contributed by atoms with van der Waals surface area (Å²) in [4.78, 5) is 34.8. The minimum Gasteiger partial charge on any atom is -0.467 e. The SMILES string of the molecule is COC(=O)[C@@H](NC(=O)[C@H](C)NC(=O)OC(C)(C)C)[C@@H](C)O. The molecule has 0 aliphatic rings. The van der Waals surface area contributed by atoms with E-state index in [2.05, 4.69) is 15.4 Å². The highest BCUT2D eigenvalue weighted by Crippen LogP contribution is 2.06. The van der Waals surface area contributed by atoms with Gasteiger partial charge in [0.25, 0.3) is 0 Å². The van der Waals surface area contributed by atoms with Crippen LogP contribution in [0.2, 0.25) is 0 Å². The van der Waals surface area contributed by atoms with E-state index in [0.717, 1.165) is 7.11 Å². The second-order valence-corrected chi connectivity index (χ2v) is 5.62. The molecule has 0 aliphatic carbocycles. The molecule has 0 spiro atoms. The van der Waals surface area contributed by atoms with Crippen LogP contribution in [0.3, 0.4) is 0 Å². The quantitative estimate of drug-likeness (QED) is 0.613. The first-order chi connectivity index (χ1) is 9.47. The Morgan fingerprint density at radius 1 is 1.10 bits per heavy atom. The maximum Gasteiger partial charge on any atom is 0.408 e. The molecule has 0 fully saturated rings. The van der Waals surface area contributed by atoms with Gasteiger partial charge in [-0.05, 0) is 34.6 Å². The van der Waals surface area contributed by atoms with Gasteiger partial charge in [-0.3, -0.25) is 4.79 Å². The van der Waals surface area contributed by atoms with Crippen LogP contribution in [-0.2, 0) is 19.1 Å². The van der Waals surface area contributed by atoms with Crippen molar-refractivity contribution in [3.63, 3.8) is 0 Å². The van der Waals surface area contributed by atoms with Gasteiger partial charge in [-0.1, -0.05) is 0 Å². The summed E-state index contributed by atoms with van der Waals surface area (Å²) in [6, 6.07) is -2.14. The third-order valence-electron chi connectivity index (χ3n) is 2.36. The first-order valence-corrected chi connectivity index (χ1v) is 6.53. The van der Waals surface area contributed by atoms with E-state index in [4.69, 9.17) is 4.74 Å². The van der Waals surface area contributed by atoms with Gasteiger partial charge in [-0.2, -0.15) is 0 Å². The minimum atomic E-state index is -1.20. The van der Waals surface area contributed by atoms with E-state index in [1.165, 1.54) is 13.8 Å². The summed E-state index contributed by atoms with van der Waals surface area (Å²) in [5.74, 6) is -1.42. The molecule has 0 rings (SSSR count). The zero-order chi connectivity index (χ0) is 16.8. The number of esters is 1. The van der Waals surface area contributed by atoms with Crippen LogP contribution in [0.1, 0.15) is 34.6 Å². The molecule has 0 unspecified atom stereocenters. The summed E-state index contributed by atoms with van der Waals surface area (Å²) < 4.78 is 9.48. The van der Waals surface area contributed by atoms with Gasteiger partial charge in [0.2, 0.25) is 5.91 Å². The second-order valence-electron chi connectivity index (χ2n) is 5.62. The Morgan fingerprint density at radius 2 is 1.62 bits per heavy atom. The van der Waals surface area contributed by atoms with E-state index < -0.39 is 41.8 Å². The second kappa shape index (κ2) is 7.82. The number of hydrogen-bond donors (Lipinski definition) is 3. The van der Waals surface area contributed by atoms with Crippen LogP contribution in [0.5, 0.6) is 0 Å². The molecule has 0 heterocycles. The van der Waals surface area contributed by atoms with Crippen LogP contribution in [-0.4, -0.2) is 54.0 Å². The molecule has 8 heteroatoms. The highest BCUT2D eigenvalue weighted by molar-refractivity contribution is 5.89. The van der Waals surface area contributed by atoms with Crippen LogP contribution >= 0.6 is 0 Å². The number of carbonyl (C=O) groups excluding carboxylic acids is 3. The lowest BCUT2D eigenvalue weighted by Crippen LogP contribution is -2.54. The fourth-order valence-electron chi connectivity index (χ4n) is 1.33. The standard InChI is InChI=1S/C13H24N2O6/c1-7(14-12(19)21-13(3,4)5)10(17)15-9(8(2)16)11(18)20-6/h7-9,16H,1-6H3,(H,14,19)(H,15,17)/t7-,8+,9-/m0/s1. The first kappa shape index (κ1) is 19.2. The molecule has 3 atom stereocenters. The maximum atomic E-state index is 11.9. The van der Waals surface area contributed by atoms with Crippen molar-refractivity contribution in [1.82, 2.24) is 10.6 Å². The Bertz CT molecular complexity index is 389. The van der Waals surface area contributed by atoms with Crippen molar-refractivity contribution >= 4 is 18.0 Å². The summed E-state index contributed by atoms with van der Waals surface area (Å²) in [5.41, 5.74) is -0.686. The molecular weight excluding hydrogens is 280 g/mol. The molecule has 2 amide bonds.